The number of rotatable bonds is 13. The largest absolute Gasteiger partial charge is 0.392 e. The van der Waals surface area contributed by atoms with E-state index in [1.807, 2.05) is 48.5 Å². The Kier molecular flexibility index (Phi) is 11.7. The maximum Gasteiger partial charge on any atom is 0.224 e. The summed E-state index contributed by atoms with van der Waals surface area (Å²) in [4.78, 5) is 32.0. The van der Waals surface area contributed by atoms with Crippen LogP contribution in [0.15, 0.2) is 72.1 Å². The minimum absolute atomic E-state index is 0.00900. The zero-order valence-electron chi connectivity index (χ0n) is 23.5. The van der Waals surface area contributed by atoms with E-state index in [4.69, 9.17) is 9.47 Å². The maximum atomic E-state index is 12.4. The summed E-state index contributed by atoms with van der Waals surface area (Å²) in [5, 5.41) is 15.9. The second kappa shape index (κ2) is 15.6. The number of aliphatic hydroxyl groups excluding tert-OH is 1. The number of carbonyl (C=O) groups excluding carboxylic acids is 2. The van der Waals surface area contributed by atoms with Gasteiger partial charge in [0.15, 0.2) is 11.4 Å². The number of thioether (sulfide) groups is 1. The molecule has 4 rings (SSSR count). The lowest BCUT2D eigenvalue weighted by atomic mass is 9.91. The Hall–Kier alpha value is -3.31. The van der Waals surface area contributed by atoms with Gasteiger partial charge in [0.1, 0.15) is 0 Å². The Balaban J connectivity index is 1.39. The molecule has 1 aromatic heterocycles. The number of ether oxygens (including phenoxy) is 2. The van der Waals surface area contributed by atoms with E-state index in [0.29, 0.717) is 29.6 Å². The lowest BCUT2D eigenvalue weighted by Gasteiger charge is -2.41. The number of amides is 2. The molecular weight excluding hydrogens is 540 g/mol. The van der Waals surface area contributed by atoms with Gasteiger partial charge in [0.2, 0.25) is 11.8 Å². The molecule has 10 heteroatoms. The van der Waals surface area contributed by atoms with Crippen LogP contribution in [0.5, 0.6) is 0 Å². The Bertz CT molecular complexity index is 1240. The van der Waals surface area contributed by atoms with Gasteiger partial charge in [0.05, 0.1) is 18.8 Å². The maximum absolute atomic E-state index is 12.4. The molecule has 0 aliphatic carbocycles. The summed E-state index contributed by atoms with van der Waals surface area (Å²) in [6.45, 7) is 4.25. The summed E-state index contributed by atoms with van der Waals surface area (Å²) in [6, 6.07) is 17.2. The molecule has 1 fully saturated rings. The summed E-state index contributed by atoms with van der Waals surface area (Å²) < 4.78 is 13.0. The average molecular weight is 579 g/mol. The molecule has 3 aromatic rings. The number of anilines is 1. The van der Waals surface area contributed by atoms with Crippen molar-refractivity contribution < 1.29 is 24.2 Å². The highest BCUT2D eigenvalue weighted by atomic mass is 32.2. The summed E-state index contributed by atoms with van der Waals surface area (Å²) in [5.41, 5.74) is 3.44. The molecule has 1 saturated heterocycles. The van der Waals surface area contributed by atoms with Crippen LogP contribution in [0.2, 0.25) is 0 Å². The number of benzene rings is 2. The second-order valence-electron chi connectivity index (χ2n) is 10.1. The third-order valence-corrected chi connectivity index (χ3v) is 7.93. The normalized spacial score (nSPS) is 20.4. The molecule has 4 atom stereocenters. The molecule has 0 spiro atoms. The van der Waals surface area contributed by atoms with Gasteiger partial charge in [-0.05, 0) is 42.2 Å². The Morgan fingerprint density at radius 1 is 0.951 bits per heavy atom. The van der Waals surface area contributed by atoms with Gasteiger partial charge in [-0.25, -0.2) is 9.97 Å². The molecule has 0 radical (unpaired) electrons. The Morgan fingerprint density at radius 2 is 1.66 bits per heavy atom. The minimum atomic E-state index is -0.593. The summed E-state index contributed by atoms with van der Waals surface area (Å²) in [7, 11) is 0. The van der Waals surface area contributed by atoms with Crippen molar-refractivity contribution in [1.29, 1.82) is 0 Å². The lowest BCUT2D eigenvalue weighted by molar-refractivity contribution is -0.268. The van der Waals surface area contributed by atoms with Crippen LogP contribution in [-0.2, 0) is 25.7 Å². The third kappa shape index (κ3) is 9.36. The van der Waals surface area contributed by atoms with Crippen molar-refractivity contribution in [3.63, 3.8) is 0 Å². The molecule has 2 heterocycles. The fraction of sp³-hybridized carbons (Fsp3) is 0.419. The highest BCUT2D eigenvalue weighted by Gasteiger charge is 2.38. The van der Waals surface area contributed by atoms with Gasteiger partial charge in [-0.3, -0.25) is 9.59 Å². The van der Waals surface area contributed by atoms with Crippen LogP contribution >= 0.6 is 11.8 Å². The van der Waals surface area contributed by atoms with E-state index in [-0.39, 0.29) is 36.5 Å². The van der Waals surface area contributed by atoms with E-state index in [0.717, 1.165) is 36.0 Å². The van der Waals surface area contributed by atoms with Crippen LogP contribution in [-0.4, -0.2) is 45.3 Å². The summed E-state index contributed by atoms with van der Waals surface area (Å²) in [5.74, 6) is 0.644. The zero-order chi connectivity index (χ0) is 29.0. The van der Waals surface area contributed by atoms with E-state index in [1.54, 1.807) is 30.2 Å². The second-order valence-corrected chi connectivity index (χ2v) is 11.1. The van der Waals surface area contributed by atoms with Crippen LogP contribution in [0.3, 0.4) is 0 Å². The van der Waals surface area contributed by atoms with Crippen LogP contribution < -0.4 is 10.6 Å². The first-order valence-electron chi connectivity index (χ1n) is 14.0. The number of nitrogens with one attached hydrogen (secondary N) is 2. The first-order chi connectivity index (χ1) is 19.9. The van der Waals surface area contributed by atoms with Crippen molar-refractivity contribution >= 4 is 29.3 Å². The number of hydrogen-bond donors (Lipinski definition) is 3. The predicted molar refractivity (Wildman–Crippen MR) is 158 cm³/mol. The third-order valence-electron chi connectivity index (χ3n) is 6.96. The Labute approximate surface area is 245 Å². The van der Waals surface area contributed by atoms with Crippen LogP contribution in [0, 0.1) is 5.92 Å². The fourth-order valence-electron chi connectivity index (χ4n) is 4.63. The van der Waals surface area contributed by atoms with Crippen molar-refractivity contribution in [3.05, 3.63) is 83.7 Å². The van der Waals surface area contributed by atoms with Crippen molar-refractivity contribution in [2.75, 3.05) is 17.6 Å². The number of unbranched alkanes of at least 4 members (excludes halogenated alkanes) is 2. The van der Waals surface area contributed by atoms with Crippen molar-refractivity contribution in [2.45, 2.75) is 69.8 Å². The molecule has 3 N–H and O–H groups in total. The van der Waals surface area contributed by atoms with Gasteiger partial charge in [-0.2, -0.15) is 0 Å². The Morgan fingerprint density at radius 3 is 2.34 bits per heavy atom. The number of hydrogen-bond acceptors (Lipinski definition) is 8. The van der Waals surface area contributed by atoms with Gasteiger partial charge in [0, 0.05) is 55.2 Å². The number of nitrogens with zero attached hydrogens (tertiary/aromatic N) is 2. The van der Waals surface area contributed by atoms with Crippen LogP contribution in [0.25, 0.3) is 0 Å². The first-order valence-corrected chi connectivity index (χ1v) is 15.0. The molecule has 0 saturated carbocycles. The van der Waals surface area contributed by atoms with Gasteiger partial charge < -0.3 is 25.2 Å². The van der Waals surface area contributed by atoms with E-state index >= 15 is 0 Å². The quantitative estimate of drug-likeness (QED) is 0.144. The van der Waals surface area contributed by atoms with Crippen molar-refractivity contribution in [3.8, 4) is 0 Å². The average Bonchev–Trinajstić information content (AvgIpc) is 2.99. The molecule has 218 valence electrons. The van der Waals surface area contributed by atoms with Crippen LogP contribution in [0.4, 0.5) is 5.69 Å². The first kappa shape index (κ1) is 30.6. The van der Waals surface area contributed by atoms with Gasteiger partial charge in [-0.15, -0.1) is 0 Å². The molecule has 1 aliphatic heterocycles. The smallest absolute Gasteiger partial charge is 0.224 e. The molecule has 0 unspecified atom stereocenters. The highest BCUT2D eigenvalue weighted by molar-refractivity contribution is 7.99. The molecule has 0 bridgehead atoms. The number of aromatic nitrogens is 2. The summed E-state index contributed by atoms with van der Waals surface area (Å²) >= 11 is 1.55. The SMILES string of the molecule is CC(=O)NCCCCCC(=O)Nc1ccc([C@@H]2O[C@H](CSc3ncccn3)[C@H](C)[C@H](c3ccc(CO)cc3)O2)cc1. The van der Waals surface area contributed by atoms with E-state index in [2.05, 4.69) is 27.5 Å². The highest BCUT2D eigenvalue weighted by Crippen LogP contribution is 2.42. The molecular formula is C31H38N4O5S. The molecule has 9 nitrogen and oxygen atoms in total. The van der Waals surface area contributed by atoms with E-state index in [1.165, 1.54) is 6.92 Å². The van der Waals surface area contributed by atoms with Crippen LogP contribution in [0.1, 0.15) is 68.6 Å². The summed E-state index contributed by atoms with van der Waals surface area (Å²) in [6.07, 6.45) is 5.44. The van der Waals surface area contributed by atoms with Gasteiger partial charge in [-0.1, -0.05) is 61.5 Å². The fourth-order valence-corrected chi connectivity index (χ4v) is 5.59. The zero-order valence-corrected chi connectivity index (χ0v) is 24.3. The van der Waals surface area contributed by atoms with Crippen molar-refractivity contribution in [2.24, 2.45) is 5.92 Å². The standard InChI is InChI=1S/C31H38N4O5S/c1-21-27(20-41-31-33-17-6-18-34-31)39-30(40-29(21)24-10-8-23(19-36)9-11-24)25-12-14-26(15-13-25)35-28(38)7-4-3-5-16-32-22(2)37/h6,8-15,17-18,21,27,29-30,36H,3-5,7,16,19-20H2,1-2H3,(H,32,37)(H,35,38)/t21-,27+,29+,30+/m0/s1. The molecule has 2 amide bonds. The van der Waals surface area contributed by atoms with E-state index in [9.17, 15) is 14.7 Å². The van der Waals surface area contributed by atoms with Gasteiger partial charge in [0.25, 0.3) is 0 Å². The molecule has 1 aliphatic rings. The van der Waals surface area contributed by atoms with Gasteiger partial charge >= 0.3 is 0 Å². The predicted octanol–water partition coefficient (Wildman–Crippen LogP) is 5.19. The molecule has 41 heavy (non-hydrogen) atoms. The minimum Gasteiger partial charge on any atom is -0.392 e. The van der Waals surface area contributed by atoms with Crippen molar-refractivity contribution in [1.82, 2.24) is 15.3 Å². The van der Waals surface area contributed by atoms with E-state index < -0.39 is 6.29 Å². The number of aliphatic hydroxyl groups is 1. The lowest BCUT2D eigenvalue weighted by Crippen LogP contribution is -2.38. The monoisotopic (exact) mass is 578 g/mol. The topological polar surface area (TPSA) is 123 Å². The molecule has 2 aromatic carbocycles. The number of carbonyl (C=O) groups is 2.